The largest absolute Gasteiger partial charge is 0.496 e. The summed E-state index contributed by atoms with van der Waals surface area (Å²) in [5.41, 5.74) is 1.17. The Balaban J connectivity index is 1.69. The van der Waals surface area contributed by atoms with Crippen LogP contribution in [0.3, 0.4) is 0 Å². The molecule has 126 valence electrons. The SMILES string of the molecule is COCCN(C(=O)[C@H]1C[C@@H]1c1ccccc1OC)C1CCCC1. The molecule has 0 bridgehead atoms. The quantitative estimate of drug-likeness (QED) is 0.775. The third kappa shape index (κ3) is 3.52. The summed E-state index contributed by atoms with van der Waals surface area (Å²) in [6, 6.07) is 8.49. The summed E-state index contributed by atoms with van der Waals surface area (Å²) < 4.78 is 10.7. The Hall–Kier alpha value is -1.55. The van der Waals surface area contributed by atoms with Gasteiger partial charge in [0.25, 0.3) is 0 Å². The van der Waals surface area contributed by atoms with E-state index in [1.165, 1.54) is 18.4 Å². The van der Waals surface area contributed by atoms with Crippen LogP contribution in [0.2, 0.25) is 0 Å². The van der Waals surface area contributed by atoms with Crippen molar-refractivity contribution in [3.05, 3.63) is 29.8 Å². The molecule has 2 atom stereocenters. The Morgan fingerprint density at radius 2 is 1.96 bits per heavy atom. The molecule has 2 aliphatic carbocycles. The van der Waals surface area contributed by atoms with Crippen LogP contribution in [0.4, 0.5) is 0 Å². The summed E-state index contributed by atoms with van der Waals surface area (Å²) in [6.07, 6.45) is 5.70. The maximum Gasteiger partial charge on any atom is 0.226 e. The molecule has 0 N–H and O–H groups in total. The van der Waals surface area contributed by atoms with Crippen LogP contribution in [0.5, 0.6) is 5.75 Å². The molecule has 3 rings (SSSR count). The molecule has 4 nitrogen and oxygen atoms in total. The number of benzene rings is 1. The van der Waals surface area contributed by atoms with E-state index >= 15 is 0 Å². The normalized spacial score (nSPS) is 23.7. The van der Waals surface area contributed by atoms with Crippen LogP contribution in [-0.4, -0.2) is 44.2 Å². The van der Waals surface area contributed by atoms with Crippen LogP contribution in [0.15, 0.2) is 24.3 Å². The first-order valence-electron chi connectivity index (χ1n) is 8.68. The molecule has 0 aromatic heterocycles. The lowest BCUT2D eigenvalue weighted by Crippen LogP contribution is -2.42. The summed E-state index contributed by atoms with van der Waals surface area (Å²) in [5, 5.41) is 0. The zero-order chi connectivity index (χ0) is 16.2. The van der Waals surface area contributed by atoms with Gasteiger partial charge in [-0.15, -0.1) is 0 Å². The molecule has 1 aromatic rings. The number of ether oxygens (including phenoxy) is 2. The van der Waals surface area contributed by atoms with Crippen molar-refractivity contribution in [1.29, 1.82) is 0 Å². The first kappa shape index (κ1) is 16.3. The lowest BCUT2D eigenvalue weighted by molar-refractivity contribution is -0.135. The summed E-state index contributed by atoms with van der Waals surface area (Å²) in [5.74, 6) is 1.64. The highest BCUT2D eigenvalue weighted by atomic mass is 16.5. The van der Waals surface area contributed by atoms with Crippen molar-refractivity contribution in [3.8, 4) is 5.75 Å². The molecule has 2 fully saturated rings. The first-order valence-corrected chi connectivity index (χ1v) is 8.68. The maximum absolute atomic E-state index is 13.0. The fraction of sp³-hybridized carbons (Fsp3) is 0.632. The molecule has 1 aromatic carbocycles. The van der Waals surface area contributed by atoms with Crippen molar-refractivity contribution in [2.45, 2.75) is 44.1 Å². The van der Waals surface area contributed by atoms with Crippen molar-refractivity contribution in [1.82, 2.24) is 4.90 Å². The third-order valence-electron chi connectivity index (χ3n) is 5.23. The monoisotopic (exact) mass is 317 g/mol. The van der Waals surface area contributed by atoms with Gasteiger partial charge >= 0.3 is 0 Å². The van der Waals surface area contributed by atoms with E-state index in [-0.39, 0.29) is 5.92 Å². The second kappa shape index (κ2) is 7.35. The Morgan fingerprint density at radius 1 is 1.22 bits per heavy atom. The molecular weight excluding hydrogens is 290 g/mol. The van der Waals surface area contributed by atoms with Crippen molar-refractivity contribution >= 4 is 5.91 Å². The number of carbonyl (C=O) groups is 1. The van der Waals surface area contributed by atoms with Gasteiger partial charge in [-0.1, -0.05) is 31.0 Å². The van der Waals surface area contributed by atoms with Crippen LogP contribution in [-0.2, 0) is 9.53 Å². The minimum absolute atomic E-state index is 0.115. The second-order valence-electron chi connectivity index (χ2n) is 6.65. The van der Waals surface area contributed by atoms with Gasteiger partial charge in [-0.3, -0.25) is 4.79 Å². The van der Waals surface area contributed by atoms with Crippen LogP contribution in [0.25, 0.3) is 0 Å². The summed E-state index contributed by atoms with van der Waals surface area (Å²) in [6.45, 7) is 1.34. The van der Waals surface area contributed by atoms with Crippen LogP contribution in [0.1, 0.15) is 43.6 Å². The fourth-order valence-corrected chi connectivity index (χ4v) is 3.88. The molecule has 2 saturated carbocycles. The zero-order valence-corrected chi connectivity index (χ0v) is 14.2. The Labute approximate surface area is 138 Å². The predicted octanol–water partition coefficient (Wildman–Crippen LogP) is 3.22. The minimum atomic E-state index is 0.115. The van der Waals surface area contributed by atoms with E-state index in [0.717, 1.165) is 31.6 Å². The molecular formula is C19H27NO3. The number of rotatable bonds is 7. The molecule has 0 unspecified atom stereocenters. The van der Waals surface area contributed by atoms with Gasteiger partial charge in [0.2, 0.25) is 5.91 Å². The highest BCUT2D eigenvalue weighted by Gasteiger charge is 2.48. The predicted molar refractivity (Wildman–Crippen MR) is 89.7 cm³/mol. The molecule has 0 spiro atoms. The number of nitrogens with zero attached hydrogens (tertiary/aromatic N) is 1. The molecule has 2 aliphatic rings. The fourth-order valence-electron chi connectivity index (χ4n) is 3.88. The Kier molecular flexibility index (Phi) is 5.21. The highest BCUT2D eigenvalue weighted by Crippen LogP contribution is 2.51. The Bertz CT molecular complexity index is 539. The van der Waals surface area contributed by atoms with E-state index in [1.807, 2.05) is 18.2 Å². The van der Waals surface area contributed by atoms with E-state index in [4.69, 9.17) is 9.47 Å². The van der Waals surface area contributed by atoms with E-state index in [1.54, 1.807) is 14.2 Å². The smallest absolute Gasteiger partial charge is 0.226 e. The van der Waals surface area contributed by atoms with Crippen molar-refractivity contribution in [3.63, 3.8) is 0 Å². The first-order chi connectivity index (χ1) is 11.3. The number of hydrogen-bond donors (Lipinski definition) is 0. The number of carbonyl (C=O) groups excluding carboxylic acids is 1. The van der Waals surface area contributed by atoms with Gasteiger partial charge < -0.3 is 14.4 Å². The van der Waals surface area contributed by atoms with Gasteiger partial charge in [0.1, 0.15) is 5.75 Å². The van der Waals surface area contributed by atoms with E-state index in [9.17, 15) is 4.79 Å². The van der Waals surface area contributed by atoms with Crippen molar-refractivity contribution in [2.24, 2.45) is 5.92 Å². The second-order valence-corrected chi connectivity index (χ2v) is 6.65. The number of amides is 1. The lowest BCUT2D eigenvalue weighted by Gasteiger charge is -2.29. The van der Waals surface area contributed by atoms with E-state index in [0.29, 0.717) is 24.5 Å². The average Bonchev–Trinajstić information content (AvgIpc) is 3.21. The standard InChI is InChI=1S/C19H27NO3/c1-22-12-11-20(14-7-3-4-8-14)19(21)17-13-16(17)15-9-5-6-10-18(15)23-2/h5-6,9-10,14,16-17H,3-4,7-8,11-13H2,1-2H3/t16-,17+/m1/s1. The lowest BCUT2D eigenvalue weighted by atomic mass is 10.1. The summed E-state index contributed by atoms with van der Waals surface area (Å²) in [7, 11) is 3.40. The number of para-hydroxylation sites is 1. The molecule has 0 heterocycles. The molecule has 0 radical (unpaired) electrons. The Morgan fingerprint density at radius 3 is 2.65 bits per heavy atom. The molecule has 0 aliphatic heterocycles. The maximum atomic E-state index is 13.0. The number of hydrogen-bond acceptors (Lipinski definition) is 3. The van der Waals surface area contributed by atoms with Crippen molar-refractivity contribution < 1.29 is 14.3 Å². The molecule has 1 amide bonds. The van der Waals surface area contributed by atoms with Gasteiger partial charge in [0.05, 0.1) is 13.7 Å². The van der Waals surface area contributed by atoms with Gasteiger partial charge in [-0.25, -0.2) is 0 Å². The zero-order valence-electron chi connectivity index (χ0n) is 14.2. The summed E-state index contributed by atoms with van der Waals surface area (Å²) in [4.78, 5) is 15.1. The van der Waals surface area contributed by atoms with Crippen LogP contribution < -0.4 is 4.74 Å². The number of methoxy groups -OCH3 is 2. The molecule has 4 heteroatoms. The van der Waals surface area contributed by atoms with Gasteiger partial charge in [-0.2, -0.15) is 0 Å². The third-order valence-corrected chi connectivity index (χ3v) is 5.23. The summed E-state index contributed by atoms with van der Waals surface area (Å²) >= 11 is 0. The molecule has 0 saturated heterocycles. The van der Waals surface area contributed by atoms with Crippen LogP contribution >= 0.6 is 0 Å². The highest BCUT2D eigenvalue weighted by molar-refractivity contribution is 5.83. The minimum Gasteiger partial charge on any atom is -0.496 e. The topological polar surface area (TPSA) is 38.8 Å². The van der Waals surface area contributed by atoms with Gasteiger partial charge in [0.15, 0.2) is 0 Å². The van der Waals surface area contributed by atoms with E-state index in [2.05, 4.69) is 11.0 Å². The van der Waals surface area contributed by atoms with Gasteiger partial charge in [-0.05, 0) is 36.8 Å². The van der Waals surface area contributed by atoms with Crippen molar-refractivity contribution in [2.75, 3.05) is 27.4 Å². The average molecular weight is 317 g/mol. The molecule has 23 heavy (non-hydrogen) atoms. The van der Waals surface area contributed by atoms with Gasteiger partial charge in [0, 0.05) is 25.6 Å². The van der Waals surface area contributed by atoms with E-state index < -0.39 is 0 Å². The van der Waals surface area contributed by atoms with Crippen LogP contribution in [0, 0.1) is 5.92 Å².